The Bertz CT molecular complexity index is 372. The van der Waals surface area contributed by atoms with Gasteiger partial charge in [-0.1, -0.05) is 6.92 Å². The number of likely N-dealkylation sites (N-methyl/N-ethyl adjacent to an activating group) is 1. The van der Waals surface area contributed by atoms with Crippen molar-refractivity contribution in [3.63, 3.8) is 0 Å². The molecule has 1 amide bonds. The molecule has 0 aliphatic heterocycles. The van der Waals surface area contributed by atoms with Crippen molar-refractivity contribution in [2.45, 2.75) is 46.8 Å². The smallest absolute Gasteiger partial charge is 0.263 e. The van der Waals surface area contributed by atoms with E-state index in [1.807, 2.05) is 24.7 Å². The summed E-state index contributed by atoms with van der Waals surface area (Å²) in [7, 11) is 0. The number of aromatic nitrogens is 2. The van der Waals surface area contributed by atoms with Crippen molar-refractivity contribution >= 4 is 5.91 Å². The quantitative estimate of drug-likeness (QED) is 0.746. The van der Waals surface area contributed by atoms with Gasteiger partial charge in [0.15, 0.2) is 11.9 Å². The zero-order chi connectivity index (χ0) is 13.5. The largest absolute Gasteiger partial charge is 0.478 e. The molecule has 1 aromatic rings. The topological polar surface area (TPSA) is 47.4 Å². The highest BCUT2D eigenvalue weighted by Crippen LogP contribution is 2.12. The molecule has 1 aromatic heterocycles. The number of aryl methyl sites for hydroxylation is 1. The minimum Gasteiger partial charge on any atom is -0.478 e. The molecule has 18 heavy (non-hydrogen) atoms. The van der Waals surface area contributed by atoms with Crippen LogP contribution < -0.4 is 4.74 Å². The van der Waals surface area contributed by atoms with Gasteiger partial charge in [-0.3, -0.25) is 9.48 Å². The maximum Gasteiger partial charge on any atom is 0.263 e. The third kappa shape index (κ3) is 3.75. The van der Waals surface area contributed by atoms with Gasteiger partial charge in [0, 0.05) is 19.6 Å². The molecule has 0 radical (unpaired) electrons. The zero-order valence-electron chi connectivity index (χ0n) is 11.7. The van der Waals surface area contributed by atoms with Gasteiger partial charge in [0.1, 0.15) is 0 Å². The van der Waals surface area contributed by atoms with E-state index in [0.29, 0.717) is 18.8 Å². The molecule has 1 unspecified atom stereocenters. The molecule has 0 N–H and O–H groups in total. The molecule has 0 saturated heterocycles. The summed E-state index contributed by atoms with van der Waals surface area (Å²) in [4.78, 5) is 13.8. The van der Waals surface area contributed by atoms with Crippen molar-refractivity contribution in [1.82, 2.24) is 14.7 Å². The lowest BCUT2D eigenvalue weighted by Gasteiger charge is -2.22. The fourth-order valence-electron chi connectivity index (χ4n) is 1.80. The molecule has 1 heterocycles. The lowest BCUT2D eigenvalue weighted by Crippen LogP contribution is -2.40. The first-order valence-electron chi connectivity index (χ1n) is 6.60. The second kappa shape index (κ2) is 7.03. The molecule has 0 fully saturated rings. The Morgan fingerprint density at radius 3 is 2.67 bits per heavy atom. The van der Waals surface area contributed by atoms with Crippen molar-refractivity contribution in [1.29, 1.82) is 0 Å². The Hall–Kier alpha value is -1.52. The Morgan fingerprint density at radius 2 is 2.11 bits per heavy atom. The molecule has 0 aliphatic rings. The monoisotopic (exact) mass is 253 g/mol. The summed E-state index contributed by atoms with van der Waals surface area (Å²) in [6.07, 6.45) is 4.04. The molecule has 1 rings (SSSR count). The first kappa shape index (κ1) is 14.5. The number of ether oxygens (including phenoxy) is 1. The highest BCUT2D eigenvalue weighted by atomic mass is 16.5. The van der Waals surface area contributed by atoms with Crippen molar-refractivity contribution in [2.24, 2.45) is 0 Å². The average Bonchev–Trinajstić information content (AvgIpc) is 2.78. The van der Waals surface area contributed by atoms with E-state index in [0.717, 1.165) is 13.0 Å². The maximum atomic E-state index is 12.0. The number of carbonyl (C=O) groups excluding carboxylic acids is 1. The first-order chi connectivity index (χ1) is 8.62. The van der Waals surface area contributed by atoms with Gasteiger partial charge in [-0.2, -0.15) is 5.10 Å². The van der Waals surface area contributed by atoms with Gasteiger partial charge in [0.25, 0.3) is 5.91 Å². The highest BCUT2D eigenvalue weighted by molar-refractivity contribution is 5.80. The summed E-state index contributed by atoms with van der Waals surface area (Å²) in [5, 5.41) is 4.17. The van der Waals surface area contributed by atoms with Crippen LogP contribution in [0.3, 0.4) is 0 Å². The number of rotatable bonds is 7. The summed E-state index contributed by atoms with van der Waals surface area (Å²) >= 11 is 0. The predicted molar refractivity (Wildman–Crippen MR) is 70.5 cm³/mol. The Morgan fingerprint density at radius 1 is 1.44 bits per heavy atom. The van der Waals surface area contributed by atoms with E-state index in [2.05, 4.69) is 12.0 Å². The first-order valence-corrected chi connectivity index (χ1v) is 6.60. The van der Waals surface area contributed by atoms with Gasteiger partial charge in [-0.05, 0) is 27.2 Å². The molecule has 5 heteroatoms. The normalized spacial score (nSPS) is 12.2. The number of amides is 1. The van der Waals surface area contributed by atoms with Crippen LogP contribution in [0.4, 0.5) is 0 Å². The molecule has 0 aromatic carbocycles. The highest BCUT2D eigenvalue weighted by Gasteiger charge is 2.20. The Balaban J connectivity index is 2.57. The molecular weight excluding hydrogens is 230 g/mol. The standard InChI is InChI=1S/C13H23N3O2/c1-5-8-16-10-12(9-14-16)18-11(4)13(17)15(6-2)7-3/h9-11H,5-8H2,1-4H3. The molecule has 0 aliphatic carbocycles. The minimum absolute atomic E-state index is 0.0169. The fraction of sp³-hybridized carbons (Fsp3) is 0.692. The summed E-state index contributed by atoms with van der Waals surface area (Å²) in [5.74, 6) is 0.666. The fourth-order valence-corrected chi connectivity index (χ4v) is 1.80. The van der Waals surface area contributed by atoms with Gasteiger partial charge in [0.2, 0.25) is 0 Å². The van der Waals surface area contributed by atoms with E-state index < -0.39 is 6.10 Å². The number of hydrogen-bond acceptors (Lipinski definition) is 3. The lowest BCUT2D eigenvalue weighted by molar-refractivity contribution is -0.137. The van der Waals surface area contributed by atoms with Gasteiger partial charge in [0.05, 0.1) is 12.4 Å². The van der Waals surface area contributed by atoms with Crippen molar-refractivity contribution in [2.75, 3.05) is 13.1 Å². The molecule has 0 spiro atoms. The molecule has 0 bridgehead atoms. The van der Waals surface area contributed by atoms with Gasteiger partial charge < -0.3 is 9.64 Å². The van der Waals surface area contributed by atoms with E-state index in [9.17, 15) is 4.79 Å². The van der Waals surface area contributed by atoms with Crippen LogP contribution in [0.15, 0.2) is 12.4 Å². The molecular formula is C13H23N3O2. The van der Waals surface area contributed by atoms with E-state index in [1.165, 1.54) is 0 Å². The second-order valence-electron chi connectivity index (χ2n) is 4.21. The van der Waals surface area contributed by atoms with Gasteiger partial charge in [-0.25, -0.2) is 0 Å². The van der Waals surface area contributed by atoms with Crippen LogP contribution in [0.2, 0.25) is 0 Å². The number of carbonyl (C=O) groups is 1. The van der Waals surface area contributed by atoms with E-state index >= 15 is 0 Å². The van der Waals surface area contributed by atoms with E-state index in [4.69, 9.17) is 4.74 Å². The second-order valence-corrected chi connectivity index (χ2v) is 4.21. The van der Waals surface area contributed by atoms with Crippen LogP contribution >= 0.6 is 0 Å². The molecule has 102 valence electrons. The summed E-state index contributed by atoms with van der Waals surface area (Å²) in [6.45, 7) is 10.1. The van der Waals surface area contributed by atoms with Crippen LogP contribution in [0, 0.1) is 0 Å². The molecule has 5 nitrogen and oxygen atoms in total. The van der Waals surface area contributed by atoms with Crippen LogP contribution in [-0.2, 0) is 11.3 Å². The summed E-state index contributed by atoms with van der Waals surface area (Å²) in [6, 6.07) is 0. The van der Waals surface area contributed by atoms with Crippen molar-refractivity contribution < 1.29 is 9.53 Å². The molecule has 1 atom stereocenters. The third-order valence-corrected chi connectivity index (χ3v) is 2.80. The SMILES string of the molecule is CCCn1cc(OC(C)C(=O)N(CC)CC)cn1. The van der Waals surface area contributed by atoms with Crippen LogP contribution in [-0.4, -0.2) is 39.8 Å². The Kier molecular flexibility index (Phi) is 5.68. The summed E-state index contributed by atoms with van der Waals surface area (Å²) in [5.41, 5.74) is 0. The van der Waals surface area contributed by atoms with Crippen LogP contribution in [0.25, 0.3) is 0 Å². The van der Waals surface area contributed by atoms with Crippen LogP contribution in [0.1, 0.15) is 34.1 Å². The Labute approximate surface area is 109 Å². The minimum atomic E-state index is -0.468. The average molecular weight is 253 g/mol. The number of hydrogen-bond donors (Lipinski definition) is 0. The predicted octanol–water partition coefficient (Wildman–Crippen LogP) is 1.93. The van der Waals surface area contributed by atoms with Gasteiger partial charge >= 0.3 is 0 Å². The number of nitrogens with zero attached hydrogens (tertiary/aromatic N) is 3. The third-order valence-electron chi connectivity index (χ3n) is 2.80. The molecule has 0 saturated carbocycles. The zero-order valence-corrected chi connectivity index (χ0v) is 11.7. The summed E-state index contributed by atoms with van der Waals surface area (Å²) < 4.78 is 7.44. The van der Waals surface area contributed by atoms with E-state index in [1.54, 1.807) is 18.0 Å². The van der Waals surface area contributed by atoms with Crippen molar-refractivity contribution in [3.05, 3.63) is 12.4 Å². The maximum absolute atomic E-state index is 12.0. The van der Waals surface area contributed by atoms with Crippen LogP contribution in [0.5, 0.6) is 5.75 Å². The van der Waals surface area contributed by atoms with Gasteiger partial charge in [-0.15, -0.1) is 0 Å². The van der Waals surface area contributed by atoms with Crippen molar-refractivity contribution in [3.8, 4) is 5.75 Å². The lowest BCUT2D eigenvalue weighted by atomic mass is 10.3. The van der Waals surface area contributed by atoms with E-state index in [-0.39, 0.29) is 5.91 Å².